The van der Waals surface area contributed by atoms with Crippen molar-refractivity contribution in [2.24, 2.45) is 0 Å². The Hall–Kier alpha value is -7.68. The molecule has 0 aliphatic heterocycles. The second-order valence-electron chi connectivity index (χ2n) is 20.7. The number of allylic oxidation sites excluding steroid dienone is 6. The SMILES string of the molecule is CCCCCCc1cc(/C=C2\C(=O)c3ccccc3C2=C(C#N)C#N)sc1-c1cc2c(s1)c1cc3c(cc1n2CCCCCC)c1sc(-c2sc(/C=C4\C(=O)c5ccccc5C4=C(C#N)C#N)cc2C)cc1n3CCCCCC. The van der Waals surface area contributed by atoms with E-state index in [9.17, 15) is 30.6 Å². The van der Waals surface area contributed by atoms with Crippen LogP contribution < -0.4 is 0 Å². The van der Waals surface area contributed by atoms with Gasteiger partial charge in [-0.3, -0.25) is 9.59 Å². The second kappa shape index (κ2) is 23.0. The van der Waals surface area contributed by atoms with Crippen LogP contribution in [0.4, 0.5) is 0 Å². The number of unbranched alkanes of at least 4 members (excludes halogenated alkanes) is 9. The highest BCUT2D eigenvalue weighted by molar-refractivity contribution is 7.27. The molecular weight excluding hydrogens is 1050 g/mol. The molecule has 0 radical (unpaired) electrons. The molecule has 2 aliphatic carbocycles. The third kappa shape index (κ3) is 9.66. The number of ketones is 2. The topological polar surface area (TPSA) is 139 Å². The number of carbonyl (C=O) groups is 2. The van der Waals surface area contributed by atoms with Gasteiger partial charge in [0.05, 0.1) is 31.5 Å². The summed E-state index contributed by atoms with van der Waals surface area (Å²) in [5.74, 6) is -0.335. The summed E-state index contributed by atoms with van der Waals surface area (Å²) in [6, 6.07) is 36.8. The number of thiophene rings is 4. The molecule has 0 saturated carbocycles. The van der Waals surface area contributed by atoms with Gasteiger partial charge in [-0.05, 0) is 103 Å². The zero-order valence-electron chi connectivity index (χ0n) is 45.0. The van der Waals surface area contributed by atoms with Gasteiger partial charge in [0.2, 0.25) is 0 Å². The van der Waals surface area contributed by atoms with Crippen LogP contribution >= 0.6 is 45.3 Å². The summed E-state index contributed by atoms with van der Waals surface area (Å²) in [4.78, 5) is 34.5. The average molecular weight is 1110 g/mol. The first-order valence-electron chi connectivity index (χ1n) is 27.7. The molecule has 3 aromatic carbocycles. The lowest BCUT2D eigenvalue weighted by Gasteiger charge is -2.09. The Kier molecular flexibility index (Phi) is 15.5. The zero-order valence-corrected chi connectivity index (χ0v) is 48.2. The normalized spacial score (nSPS) is 14.1. The Morgan fingerprint density at radius 1 is 0.494 bits per heavy atom. The number of hydrogen-bond acceptors (Lipinski definition) is 10. The minimum atomic E-state index is -0.174. The van der Waals surface area contributed by atoms with E-state index in [2.05, 4.69) is 85.4 Å². The predicted octanol–water partition coefficient (Wildman–Crippen LogP) is 19.2. The number of nitrogens with zero attached hydrogens (tertiary/aromatic N) is 6. The maximum Gasteiger partial charge on any atom is 0.194 e. The molecule has 11 rings (SSSR count). The summed E-state index contributed by atoms with van der Waals surface area (Å²) in [7, 11) is 0. The Labute approximate surface area is 477 Å². The minimum Gasteiger partial charge on any atom is -0.340 e. The van der Waals surface area contributed by atoms with Gasteiger partial charge in [0, 0.05) is 86.5 Å². The molecule has 0 amide bonds. The maximum atomic E-state index is 14.1. The van der Waals surface area contributed by atoms with E-state index in [1.807, 2.05) is 83.4 Å². The Bertz CT molecular complexity index is 4240. The highest BCUT2D eigenvalue weighted by Gasteiger charge is 2.34. The monoisotopic (exact) mass is 1110 g/mol. The minimum absolute atomic E-state index is 0.0521. The standard InChI is InChI=1S/C67H58N6O2S4/c1-5-8-11-14-21-41-29-45(31-53-61(43(38-70)39-71)47-23-16-18-25-49(47)63(53)75)77-65(41)59-35-57-67(79-59)51-33-54-50(32-55(51)73(57)27-20-13-10-7-3)66-56(72(54)26-19-12-9-6-2)34-58(78-66)64-40(4)28-44(76-64)30-52-60(42(36-68)37-69)46-22-15-17-24-48(46)62(52)74/h15-18,22-25,28-35H,5-14,19-21,26-27H2,1-4H3/b52-30-,53-31-. The van der Waals surface area contributed by atoms with Gasteiger partial charge in [-0.1, -0.05) is 127 Å². The van der Waals surface area contributed by atoms with E-state index in [4.69, 9.17) is 0 Å². The molecule has 6 heterocycles. The van der Waals surface area contributed by atoms with Crippen LogP contribution in [0.3, 0.4) is 0 Å². The van der Waals surface area contributed by atoms with Crippen molar-refractivity contribution in [2.45, 2.75) is 124 Å². The summed E-state index contributed by atoms with van der Waals surface area (Å²) in [5, 5.41) is 42.6. The van der Waals surface area contributed by atoms with Crippen LogP contribution in [0.2, 0.25) is 0 Å². The third-order valence-corrected chi connectivity index (χ3v) is 20.6. The predicted molar refractivity (Wildman–Crippen MR) is 329 cm³/mol. The van der Waals surface area contributed by atoms with Crippen molar-refractivity contribution in [3.05, 3.63) is 150 Å². The van der Waals surface area contributed by atoms with Crippen LogP contribution in [-0.4, -0.2) is 20.7 Å². The summed E-state index contributed by atoms with van der Waals surface area (Å²) in [5.41, 5.74) is 11.1. The number of aromatic nitrogens is 2. The number of rotatable bonds is 19. The van der Waals surface area contributed by atoms with Gasteiger partial charge >= 0.3 is 0 Å². The molecule has 8 nitrogen and oxygen atoms in total. The van der Waals surface area contributed by atoms with Crippen LogP contribution in [0.1, 0.15) is 151 Å². The number of benzene rings is 3. The summed E-state index contributed by atoms with van der Waals surface area (Å²) in [6.45, 7) is 10.7. The van der Waals surface area contributed by atoms with Crippen LogP contribution in [0.15, 0.2) is 107 Å². The number of Topliss-reactive ketones (excluding diaryl/α,β-unsaturated/α-hetero) is 2. The average Bonchev–Trinajstić information content (AvgIpc) is 4.55. The number of nitriles is 4. The van der Waals surface area contributed by atoms with Crippen LogP contribution in [0, 0.1) is 52.2 Å². The van der Waals surface area contributed by atoms with Crippen LogP contribution in [0.5, 0.6) is 0 Å². The molecule has 79 heavy (non-hydrogen) atoms. The molecule has 0 unspecified atom stereocenters. The van der Waals surface area contributed by atoms with Crippen molar-refractivity contribution in [2.75, 3.05) is 0 Å². The first-order chi connectivity index (χ1) is 38.6. The smallest absolute Gasteiger partial charge is 0.194 e. The number of hydrogen-bond donors (Lipinski definition) is 0. The van der Waals surface area contributed by atoms with E-state index in [-0.39, 0.29) is 22.7 Å². The van der Waals surface area contributed by atoms with Gasteiger partial charge in [0.1, 0.15) is 35.4 Å². The molecule has 9 aromatic rings. The molecule has 6 aromatic heterocycles. The van der Waals surface area contributed by atoms with E-state index < -0.39 is 0 Å². The van der Waals surface area contributed by atoms with Crippen molar-refractivity contribution >= 4 is 122 Å². The molecular formula is C67H58N6O2S4. The van der Waals surface area contributed by atoms with E-state index in [0.717, 1.165) is 97.5 Å². The lowest BCUT2D eigenvalue weighted by Crippen LogP contribution is -1.98. The third-order valence-electron chi connectivity index (χ3n) is 15.6. The van der Waals surface area contributed by atoms with Crippen molar-refractivity contribution in [1.29, 1.82) is 21.0 Å². The molecule has 0 spiro atoms. The van der Waals surface area contributed by atoms with Gasteiger partial charge in [-0.2, -0.15) is 21.0 Å². The largest absolute Gasteiger partial charge is 0.340 e. The van der Waals surface area contributed by atoms with Gasteiger partial charge in [-0.25, -0.2) is 0 Å². The van der Waals surface area contributed by atoms with Crippen molar-refractivity contribution in [3.63, 3.8) is 0 Å². The first kappa shape index (κ1) is 53.3. The number of aryl methyl sites for hydroxylation is 4. The van der Waals surface area contributed by atoms with Gasteiger partial charge in [-0.15, -0.1) is 45.3 Å². The van der Waals surface area contributed by atoms with Gasteiger partial charge < -0.3 is 9.13 Å². The molecule has 392 valence electrons. The molecule has 2 aliphatic rings. The van der Waals surface area contributed by atoms with E-state index in [0.29, 0.717) is 44.5 Å². The summed E-state index contributed by atoms with van der Waals surface area (Å²) >= 11 is 7.04. The Morgan fingerprint density at radius 3 is 1.39 bits per heavy atom. The van der Waals surface area contributed by atoms with Crippen molar-refractivity contribution in [3.8, 4) is 43.8 Å². The van der Waals surface area contributed by atoms with Gasteiger partial charge in [0.25, 0.3) is 0 Å². The Morgan fingerprint density at radius 2 is 0.924 bits per heavy atom. The molecule has 0 atom stereocenters. The maximum absolute atomic E-state index is 14.1. The highest BCUT2D eigenvalue weighted by Crippen LogP contribution is 2.50. The second-order valence-corrected chi connectivity index (χ2v) is 25.0. The molecule has 0 fully saturated rings. The number of carbonyl (C=O) groups excluding carboxylic acids is 2. The quantitative estimate of drug-likeness (QED) is 0.0449. The van der Waals surface area contributed by atoms with Gasteiger partial charge in [0.15, 0.2) is 11.6 Å². The van der Waals surface area contributed by atoms with E-state index in [1.54, 1.807) is 34.8 Å². The molecule has 12 heteroatoms. The molecule has 0 bridgehead atoms. The molecule has 0 N–H and O–H groups in total. The lowest BCUT2D eigenvalue weighted by atomic mass is 9.99. The van der Waals surface area contributed by atoms with Crippen LogP contribution in [0.25, 0.3) is 85.0 Å². The summed E-state index contributed by atoms with van der Waals surface area (Å²) < 4.78 is 7.68. The highest BCUT2D eigenvalue weighted by atomic mass is 32.1. The van der Waals surface area contributed by atoms with Crippen LogP contribution in [-0.2, 0) is 19.5 Å². The first-order valence-corrected chi connectivity index (χ1v) is 31.0. The summed E-state index contributed by atoms with van der Waals surface area (Å²) in [6.07, 6.45) is 18.4. The fourth-order valence-corrected chi connectivity index (χ4v) is 16.7. The fraction of sp³-hybridized carbons (Fsp3) is 0.284. The Balaban J connectivity index is 1.04. The van der Waals surface area contributed by atoms with Crippen molar-refractivity contribution in [1.82, 2.24) is 9.13 Å². The zero-order chi connectivity index (χ0) is 54.9. The van der Waals surface area contributed by atoms with E-state index >= 15 is 0 Å². The van der Waals surface area contributed by atoms with E-state index in [1.165, 1.54) is 81.7 Å². The number of fused-ring (bicyclic) bond motifs is 8. The fourth-order valence-electron chi connectivity index (χ4n) is 11.8. The lowest BCUT2D eigenvalue weighted by molar-refractivity contribution is 0.103. The molecule has 0 saturated heterocycles. The van der Waals surface area contributed by atoms with Crippen molar-refractivity contribution < 1.29 is 9.59 Å².